The van der Waals surface area contributed by atoms with Crippen LogP contribution in [-0.4, -0.2) is 45.7 Å². The van der Waals surface area contributed by atoms with Gasteiger partial charge in [0.05, 0.1) is 12.9 Å². The third kappa shape index (κ3) is 5.94. The van der Waals surface area contributed by atoms with Gasteiger partial charge < -0.3 is 29.9 Å². The number of rotatable bonds is 8. The Morgan fingerprint density at radius 3 is 2.46 bits per heavy atom. The summed E-state index contributed by atoms with van der Waals surface area (Å²) in [6, 6.07) is -0.185. The van der Waals surface area contributed by atoms with Gasteiger partial charge in [-0.3, -0.25) is 14.3 Å². The molecule has 35 heavy (non-hydrogen) atoms. The molecule has 0 radical (unpaired) electrons. The van der Waals surface area contributed by atoms with Crippen LogP contribution in [0.1, 0.15) is 39.2 Å². The lowest BCUT2D eigenvalue weighted by molar-refractivity contribution is 0.136. The van der Waals surface area contributed by atoms with E-state index in [0.29, 0.717) is 12.1 Å². The Morgan fingerprint density at radius 1 is 1.14 bits per heavy atom. The molecular weight excluding hydrogens is 531 g/mol. The maximum absolute atomic E-state index is 12.2. The number of aromatic nitrogens is 4. The number of nitrogens with two attached hydrogens (primary N) is 1. The first kappa shape index (κ1) is 26.6. The first-order chi connectivity index (χ1) is 16.0. The van der Waals surface area contributed by atoms with Gasteiger partial charge in [0.15, 0.2) is 11.2 Å². The molecule has 6 atom stereocenters. The van der Waals surface area contributed by atoms with Crippen LogP contribution in [0.2, 0.25) is 0 Å². The molecule has 2 aromatic rings. The maximum atomic E-state index is 12.2. The van der Waals surface area contributed by atoms with E-state index in [2.05, 4.69) is 37.4 Å². The molecule has 0 bridgehead atoms. The lowest BCUT2D eigenvalue weighted by Gasteiger charge is -2.24. The molecule has 7 N–H and O–H groups in total. The van der Waals surface area contributed by atoms with Crippen molar-refractivity contribution in [3.63, 3.8) is 0 Å². The zero-order valence-electron chi connectivity index (χ0n) is 18.6. The van der Waals surface area contributed by atoms with Crippen LogP contribution in [0, 0.1) is 23.2 Å². The Kier molecular flexibility index (Phi) is 6.73. The number of anilines is 1. The lowest BCUT2D eigenvalue weighted by Crippen LogP contribution is -2.18. The molecule has 2 aliphatic rings. The zero-order valence-corrected chi connectivity index (χ0v) is 21.3. The Balaban J connectivity index is 1.55. The minimum Gasteiger partial charge on any atom is -0.369 e. The number of aromatic amines is 1. The van der Waals surface area contributed by atoms with Gasteiger partial charge in [0.25, 0.3) is 5.56 Å². The average molecular weight is 557 g/mol. The second kappa shape index (κ2) is 8.84. The highest BCUT2D eigenvalue weighted by Gasteiger charge is 2.53. The standard InChI is InChI=1S/C16H26N5O11P3/c1-16(2)4-9-8(6-30-34(26,27)32-35(28,29)31-33(23,24)25)3-11(10(9)5-16)21-7-18-12-13(21)19-15(17)20-14(12)22/h7-11H,3-6H2,1-2H3,(H,26,27)(H,28,29)(H2,23,24,25)(H3,17,19,20,22)/t8-,9?,10+,11-/m1/s1. The van der Waals surface area contributed by atoms with E-state index in [1.807, 2.05) is 0 Å². The van der Waals surface area contributed by atoms with Crippen molar-refractivity contribution in [1.82, 2.24) is 19.5 Å². The molecule has 2 fully saturated rings. The van der Waals surface area contributed by atoms with Gasteiger partial charge in [0, 0.05) is 6.04 Å². The molecule has 0 amide bonds. The number of phosphoric acid groups is 3. The quantitative estimate of drug-likeness (QED) is 0.253. The molecule has 4 rings (SSSR count). The van der Waals surface area contributed by atoms with E-state index in [9.17, 15) is 28.3 Å². The van der Waals surface area contributed by atoms with Crippen molar-refractivity contribution in [1.29, 1.82) is 0 Å². The molecule has 2 aliphatic carbocycles. The van der Waals surface area contributed by atoms with Crippen LogP contribution in [0.5, 0.6) is 0 Å². The van der Waals surface area contributed by atoms with Crippen LogP contribution in [-0.2, 0) is 26.8 Å². The van der Waals surface area contributed by atoms with E-state index in [0.717, 1.165) is 12.8 Å². The molecule has 19 heteroatoms. The molecule has 2 heterocycles. The summed E-state index contributed by atoms with van der Waals surface area (Å²) < 4.78 is 48.9. The third-order valence-electron chi connectivity index (χ3n) is 6.45. The van der Waals surface area contributed by atoms with Crippen LogP contribution in [0.3, 0.4) is 0 Å². The minimum absolute atomic E-state index is 0.0269. The Bertz CT molecular complexity index is 1340. The molecule has 0 aliphatic heterocycles. The Morgan fingerprint density at radius 2 is 1.80 bits per heavy atom. The topological polar surface area (TPSA) is 249 Å². The molecule has 0 aromatic carbocycles. The van der Waals surface area contributed by atoms with Crippen molar-refractivity contribution in [2.45, 2.75) is 39.2 Å². The summed E-state index contributed by atoms with van der Waals surface area (Å²) >= 11 is 0. The number of phosphoric ester groups is 1. The number of nitrogen functional groups attached to an aromatic ring is 1. The molecule has 196 valence electrons. The Hall–Kier alpha value is -1.44. The van der Waals surface area contributed by atoms with E-state index in [4.69, 9.17) is 20.0 Å². The fraction of sp³-hybridized carbons (Fsp3) is 0.688. The fourth-order valence-corrected chi connectivity index (χ4v) is 8.52. The summed E-state index contributed by atoms with van der Waals surface area (Å²) in [6.45, 7) is 3.84. The second-order valence-electron chi connectivity index (χ2n) is 9.63. The van der Waals surface area contributed by atoms with Crippen molar-refractivity contribution in [2.75, 3.05) is 12.3 Å². The van der Waals surface area contributed by atoms with Crippen LogP contribution >= 0.6 is 23.5 Å². The summed E-state index contributed by atoms with van der Waals surface area (Å²) in [5.74, 6) is -0.249. The van der Waals surface area contributed by atoms with Crippen LogP contribution in [0.15, 0.2) is 11.1 Å². The largest absolute Gasteiger partial charge is 0.490 e. The number of fused-ring (bicyclic) bond motifs is 2. The van der Waals surface area contributed by atoms with Gasteiger partial charge in [-0.25, -0.2) is 18.7 Å². The van der Waals surface area contributed by atoms with Gasteiger partial charge in [0.2, 0.25) is 5.95 Å². The van der Waals surface area contributed by atoms with E-state index in [1.54, 1.807) is 4.57 Å². The molecule has 0 saturated heterocycles. The van der Waals surface area contributed by atoms with Crippen LogP contribution in [0.4, 0.5) is 5.95 Å². The smallest absolute Gasteiger partial charge is 0.369 e. The van der Waals surface area contributed by atoms with E-state index in [-0.39, 0.29) is 47.3 Å². The van der Waals surface area contributed by atoms with E-state index in [1.165, 1.54) is 6.33 Å². The van der Waals surface area contributed by atoms with Crippen molar-refractivity contribution >= 4 is 40.6 Å². The fourth-order valence-electron chi connectivity index (χ4n) is 5.45. The van der Waals surface area contributed by atoms with Gasteiger partial charge in [-0.05, 0) is 42.4 Å². The monoisotopic (exact) mass is 557 g/mol. The zero-order chi connectivity index (χ0) is 26.0. The van der Waals surface area contributed by atoms with E-state index < -0.39 is 29.0 Å². The van der Waals surface area contributed by atoms with E-state index >= 15 is 0 Å². The Labute approximate surface area is 198 Å². The third-order valence-corrected chi connectivity index (χ3v) is 10.2. The molecular formula is C16H26N5O11P3. The highest BCUT2D eigenvalue weighted by Crippen LogP contribution is 2.67. The predicted molar refractivity (Wildman–Crippen MR) is 120 cm³/mol. The van der Waals surface area contributed by atoms with Gasteiger partial charge in [-0.15, -0.1) is 0 Å². The normalized spacial score (nSPS) is 29.7. The number of hydrogen-bond acceptors (Lipinski definition) is 10. The van der Waals surface area contributed by atoms with Crippen molar-refractivity contribution in [3.8, 4) is 0 Å². The molecule has 2 saturated carbocycles. The minimum atomic E-state index is -5.59. The average Bonchev–Trinajstić information content (AvgIpc) is 3.28. The number of hydrogen-bond donors (Lipinski definition) is 6. The first-order valence-corrected chi connectivity index (χ1v) is 15.0. The lowest BCUT2D eigenvalue weighted by atomic mass is 9.86. The van der Waals surface area contributed by atoms with Gasteiger partial charge >= 0.3 is 23.5 Å². The van der Waals surface area contributed by atoms with Crippen molar-refractivity contribution < 1.29 is 46.4 Å². The van der Waals surface area contributed by atoms with Crippen molar-refractivity contribution in [3.05, 3.63) is 16.7 Å². The van der Waals surface area contributed by atoms with Gasteiger partial charge in [0.1, 0.15) is 0 Å². The SMILES string of the molecule is CC1(C)CC2[C@@H](COP(=O)(O)OP(=O)(O)OP(=O)(O)O)C[C@@H](n3cnc4c(=O)[nH]c(N)nc43)[C@H]2C1. The maximum Gasteiger partial charge on any atom is 0.490 e. The summed E-state index contributed by atoms with van der Waals surface area (Å²) in [5, 5.41) is 0. The second-order valence-corrected chi connectivity index (χ2v) is 14.0. The van der Waals surface area contributed by atoms with Gasteiger partial charge in [-0.1, -0.05) is 13.8 Å². The van der Waals surface area contributed by atoms with Crippen LogP contribution in [0.25, 0.3) is 11.2 Å². The molecule has 3 unspecified atom stereocenters. The molecule has 16 nitrogen and oxygen atoms in total. The van der Waals surface area contributed by atoms with Gasteiger partial charge in [-0.2, -0.15) is 13.6 Å². The predicted octanol–water partition coefficient (Wildman–Crippen LogP) is 1.66. The summed E-state index contributed by atoms with van der Waals surface area (Å²) in [6.07, 6.45) is 3.53. The number of nitrogens with one attached hydrogen (secondary N) is 1. The summed E-state index contributed by atoms with van der Waals surface area (Å²) in [4.78, 5) is 59.5. The number of nitrogens with zero attached hydrogens (tertiary/aromatic N) is 3. The van der Waals surface area contributed by atoms with Crippen LogP contribution < -0.4 is 11.3 Å². The highest BCUT2D eigenvalue weighted by molar-refractivity contribution is 7.66. The number of H-pyrrole nitrogens is 1. The first-order valence-electron chi connectivity index (χ1n) is 10.5. The number of imidazole rings is 1. The molecule has 0 spiro atoms. The van der Waals surface area contributed by atoms with Crippen molar-refractivity contribution in [2.24, 2.45) is 23.2 Å². The summed E-state index contributed by atoms with van der Waals surface area (Å²) in [5.41, 5.74) is 5.63. The summed E-state index contributed by atoms with van der Waals surface area (Å²) in [7, 11) is -16.3. The highest BCUT2D eigenvalue weighted by atomic mass is 31.3. The molecule has 2 aromatic heterocycles.